The van der Waals surface area contributed by atoms with Crippen LogP contribution >= 0.6 is 0 Å². The lowest BCUT2D eigenvalue weighted by atomic mass is 10.2. The predicted octanol–water partition coefficient (Wildman–Crippen LogP) is 1.15. The van der Waals surface area contributed by atoms with Crippen LogP contribution < -0.4 is 10.7 Å². The number of aromatic nitrogens is 4. The van der Waals surface area contributed by atoms with Crippen molar-refractivity contribution in [1.82, 2.24) is 35.5 Å². The van der Waals surface area contributed by atoms with E-state index in [1.165, 1.54) is 5.56 Å². The number of aromatic amines is 2. The van der Waals surface area contributed by atoms with Crippen molar-refractivity contribution >= 4 is 22.8 Å². The summed E-state index contributed by atoms with van der Waals surface area (Å²) in [5.41, 5.74) is 7.03. The molecule has 5 rings (SSSR count). The van der Waals surface area contributed by atoms with Gasteiger partial charge < -0.3 is 19.8 Å². The second-order valence-electron chi connectivity index (χ2n) is 7.65. The Morgan fingerprint density at radius 3 is 2.68 bits per heavy atom. The third-order valence-corrected chi connectivity index (χ3v) is 5.45. The molecule has 2 amide bonds. The van der Waals surface area contributed by atoms with Gasteiger partial charge in [-0.2, -0.15) is 5.10 Å². The maximum Gasteiger partial charge on any atom is 0.333 e. The van der Waals surface area contributed by atoms with Gasteiger partial charge in [-0.3, -0.25) is 15.4 Å². The molecule has 11 nitrogen and oxygen atoms in total. The molecule has 0 unspecified atom stereocenters. The highest BCUT2D eigenvalue weighted by atomic mass is 16.5. The molecule has 2 saturated heterocycles. The van der Waals surface area contributed by atoms with Crippen molar-refractivity contribution < 1.29 is 14.3 Å². The van der Waals surface area contributed by atoms with Gasteiger partial charge in [0.15, 0.2) is 5.82 Å². The van der Waals surface area contributed by atoms with Gasteiger partial charge in [-0.05, 0) is 17.7 Å². The second kappa shape index (κ2) is 9.02. The van der Waals surface area contributed by atoms with Gasteiger partial charge in [-0.15, -0.1) is 0 Å². The number of benzene rings is 1. The Bertz CT molecular complexity index is 1040. The minimum atomic E-state index is -0.326. The zero-order valence-corrected chi connectivity index (χ0v) is 17.2. The maximum atomic E-state index is 12.4. The predicted molar refractivity (Wildman–Crippen MR) is 114 cm³/mol. The van der Waals surface area contributed by atoms with E-state index in [0.29, 0.717) is 43.5 Å². The van der Waals surface area contributed by atoms with Gasteiger partial charge >= 0.3 is 6.03 Å². The first-order chi connectivity index (χ1) is 15.2. The summed E-state index contributed by atoms with van der Waals surface area (Å²) in [5.74, 6) is 0.623. The van der Waals surface area contributed by atoms with Crippen LogP contribution in [0.5, 0.6) is 0 Å². The molecule has 4 heterocycles. The Labute approximate surface area is 179 Å². The highest BCUT2D eigenvalue weighted by molar-refractivity contribution is 5.93. The topological polar surface area (TPSA) is 123 Å². The van der Waals surface area contributed by atoms with E-state index in [9.17, 15) is 4.79 Å². The number of amides is 2. The van der Waals surface area contributed by atoms with Gasteiger partial charge in [0.25, 0.3) is 0 Å². The minimum Gasteiger partial charge on any atom is -0.379 e. The SMILES string of the molecule is O=C(Nc1cn[nH]c1-c1nc2ccc(CN3CCOCC3)cc2[nH]1)NN1CCOCC1. The number of carbonyl (C=O) groups excluding carboxylic acids is 1. The first-order valence-corrected chi connectivity index (χ1v) is 10.5. The maximum absolute atomic E-state index is 12.4. The fraction of sp³-hybridized carbons (Fsp3) is 0.450. The molecule has 2 aliphatic rings. The Morgan fingerprint density at radius 1 is 1.10 bits per heavy atom. The summed E-state index contributed by atoms with van der Waals surface area (Å²) in [5, 5.41) is 11.7. The number of H-pyrrole nitrogens is 2. The molecule has 2 aliphatic heterocycles. The molecular weight excluding hydrogens is 400 g/mol. The number of urea groups is 1. The van der Waals surface area contributed by atoms with E-state index in [-0.39, 0.29) is 6.03 Å². The highest BCUT2D eigenvalue weighted by Gasteiger charge is 2.18. The number of nitrogens with one attached hydrogen (secondary N) is 4. The van der Waals surface area contributed by atoms with Crippen molar-refractivity contribution in [2.75, 3.05) is 57.9 Å². The van der Waals surface area contributed by atoms with Gasteiger partial charge in [0.05, 0.1) is 49.3 Å². The molecule has 4 N–H and O–H groups in total. The summed E-state index contributed by atoms with van der Waals surface area (Å²) in [6, 6.07) is 5.91. The van der Waals surface area contributed by atoms with Crippen LogP contribution in [-0.2, 0) is 16.0 Å². The van der Waals surface area contributed by atoms with Crippen molar-refractivity contribution in [3.8, 4) is 11.5 Å². The summed E-state index contributed by atoms with van der Waals surface area (Å²) in [7, 11) is 0. The molecule has 0 atom stereocenters. The number of rotatable bonds is 5. The standard InChI is InChI=1S/C20H26N8O3/c29-20(26-28-5-9-31-10-6-28)24-17-12-21-25-18(17)19-22-15-2-1-14(11-16(15)23-19)13-27-3-7-30-8-4-27/h1-2,11-12H,3-10,13H2,(H,21,25)(H,22,23)(H2,24,26,29). The average Bonchev–Trinajstić information content (AvgIpc) is 3.41. The molecule has 2 fully saturated rings. The summed E-state index contributed by atoms with van der Waals surface area (Å²) >= 11 is 0. The van der Waals surface area contributed by atoms with E-state index in [4.69, 9.17) is 9.47 Å². The summed E-state index contributed by atoms with van der Waals surface area (Å²) in [4.78, 5) is 22.8. The fourth-order valence-corrected chi connectivity index (χ4v) is 3.82. The van der Waals surface area contributed by atoms with Crippen LogP contribution in [0, 0.1) is 0 Å². The summed E-state index contributed by atoms with van der Waals surface area (Å²) in [6.07, 6.45) is 1.57. The van der Waals surface area contributed by atoms with E-state index in [1.807, 2.05) is 11.1 Å². The van der Waals surface area contributed by atoms with E-state index in [2.05, 4.69) is 47.9 Å². The monoisotopic (exact) mass is 426 g/mol. The number of hydrogen-bond donors (Lipinski definition) is 4. The van der Waals surface area contributed by atoms with Crippen LogP contribution in [0.15, 0.2) is 24.4 Å². The number of morpholine rings is 2. The normalized spacial score (nSPS) is 18.3. The zero-order valence-electron chi connectivity index (χ0n) is 17.2. The van der Waals surface area contributed by atoms with Gasteiger partial charge in [0, 0.05) is 32.7 Å². The number of fused-ring (bicyclic) bond motifs is 1. The zero-order chi connectivity index (χ0) is 21.0. The van der Waals surface area contributed by atoms with E-state index in [1.54, 1.807) is 6.20 Å². The lowest BCUT2D eigenvalue weighted by Crippen LogP contribution is -2.49. The third-order valence-electron chi connectivity index (χ3n) is 5.45. The lowest BCUT2D eigenvalue weighted by molar-refractivity contribution is 0.0207. The van der Waals surface area contributed by atoms with Crippen molar-refractivity contribution in [2.45, 2.75) is 6.54 Å². The fourth-order valence-electron chi connectivity index (χ4n) is 3.82. The smallest absolute Gasteiger partial charge is 0.333 e. The molecule has 0 bridgehead atoms. The molecule has 3 aromatic rings. The molecule has 164 valence electrons. The molecule has 0 saturated carbocycles. The molecule has 1 aromatic carbocycles. The molecule has 0 aliphatic carbocycles. The quantitative estimate of drug-likeness (QED) is 0.483. The lowest BCUT2D eigenvalue weighted by Gasteiger charge is -2.26. The molecule has 0 spiro atoms. The molecule has 31 heavy (non-hydrogen) atoms. The van der Waals surface area contributed by atoms with Crippen LogP contribution in [0.3, 0.4) is 0 Å². The van der Waals surface area contributed by atoms with E-state index >= 15 is 0 Å². The Morgan fingerprint density at radius 2 is 1.87 bits per heavy atom. The molecular formula is C20H26N8O3. The largest absolute Gasteiger partial charge is 0.379 e. The average molecular weight is 426 g/mol. The molecule has 11 heteroatoms. The molecule has 0 radical (unpaired) electrons. The Balaban J connectivity index is 1.29. The third kappa shape index (κ3) is 4.69. The number of hydrogen-bond acceptors (Lipinski definition) is 7. The minimum absolute atomic E-state index is 0.326. The van der Waals surface area contributed by atoms with Crippen LogP contribution in [-0.4, -0.2) is 88.7 Å². The first-order valence-electron chi connectivity index (χ1n) is 10.5. The number of imidazole rings is 1. The molecule has 2 aromatic heterocycles. The van der Waals surface area contributed by atoms with Gasteiger partial charge in [-0.25, -0.2) is 14.8 Å². The Kier molecular flexibility index (Phi) is 5.80. The Hall–Kier alpha value is -2.99. The number of ether oxygens (including phenoxy) is 2. The van der Waals surface area contributed by atoms with Gasteiger partial charge in [0.2, 0.25) is 0 Å². The van der Waals surface area contributed by atoms with Crippen molar-refractivity contribution in [1.29, 1.82) is 0 Å². The van der Waals surface area contributed by atoms with Crippen molar-refractivity contribution in [3.63, 3.8) is 0 Å². The number of carbonyl (C=O) groups is 1. The summed E-state index contributed by atoms with van der Waals surface area (Å²) in [6.45, 7) is 6.85. The van der Waals surface area contributed by atoms with Crippen LogP contribution in [0.1, 0.15) is 5.56 Å². The second-order valence-corrected chi connectivity index (χ2v) is 7.65. The van der Waals surface area contributed by atoms with E-state index < -0.39 is 0 Å². The van der Waals surface area contributed by atoms with Crippen molar-refractivity contribution in [2.24, 2.45) is 0 Å². The number of nitrogens with zero attached hydrogens (tertiary/aromatic N) is 4. The van der Waals surface area contributed by atoms with Gasteiger partial charge in [0.1, 0.15) is 5.69 Å². The first kappa shape index (κ1) is 19.9. The summed E-state index contributed by atoms with van der Waals surface area (Å²) < 4.78 is 10.7. The van der Waals surface area contributed by atoms with Crippen molar-refractivity contribution in [3.05, 3.63) is 30.0 Å². The highest BCUT2D eigenvalue weighted by Crippen LogP contribution is 2.26. The number of anilines is 1. The van der Waals surface area contributed by atoms with Crippen LogP contribution in [0.2, 0.25) is 0 Å². The van der Waals surface area contributed by atoms with Crippen LogP contribution in [0.4, 0.5) is 10.5 Å². The van der Waals surface area contributed by atoms with E-state index in [0.717, 1.165) is 43.9 Å². The van der Waals surface area contributed by atoms with Crippen LogP contribution in [0.25, 0.3) is 22.6 Å². The van der Waals surface area contributed by atoms with Gasteiger partial charge in [-0.1, -0.05) is 6.07 Å². The number of hydrazine groups is 1.